The van der Waals surface area contributed by atoms with Crippen LogP contribution in [-0.4, -0.2) is 58.4 Å². The van der Waals surface area contributed by atoms with E-state index in [9.17, 15) is 15.0 Å². The Bertz CT molecular complexity index is 1290. The first-order chi connectivity index (χ1) is 17.4. The summed E-state index contributed by atoms with van der Waals surface area (Å²) in [5.41, 5.74) is 1.33. The van der Waals surface area contributed by atoms with Crippen LogP contribution in [-0.2, 0) is 23.1 Å². The Morgan fingerprint density at radius 3 is 2.86 bits per heavy atom. The Morgan fingerprint density at radius 1 is 1.22 bits per heavy atom. The summed E-state index contributed by atoms with van der Waals surface area (Å²) in [6.45, 7) is 5.91. The highest BCUT2D eigenvalue weighted by molar-refractivity contribution is 5.82. The third-order valence-electron chi connectivity index (χ3n) is 9.86. The third kappa shape index (κ3) is 2.56. The number of likely N-dealkylation sites (tertiary alicyclic amines) is 1. The van der Waals surface area contributed by atoms with Crippen molar-refractivity contribution in [3.8, 4) is 11.5 Å². The van der Waals surface area contributed by atoms with E-state index in [1.807, 2.05) is 18.2 Å². The lowest BCUT2D eigenvalue weighted by atomic mass is 9.37. The molecule has 6 atom stereocenters. The van der Waals surface area contributed by atoms with E-state index in [1.165, 1.54) is 11.1 Å². The van der Waals surface area contributed by atoms with Crippen molar-refractivity contribution in [1.29, 1.82) is 0 Å². The molecule has 2 aromatic carbocycles. The van der Waals surface area contributed by atoms with Gasteiger partial charge in [0.05, 0.1) is 11.3 Å². The molecule has 6 nitrogen and oxygen atoms in total. The molecule has 8 rings (SSSR count). The molecule has 1 amide bonds. The minimum absolute atomic E-state index is 0.119. The zero-order valence-corrected chi connectivity index (χ0v) is 20.3. The minimum atomic E-state index is -1.44. The summed E-state index contributed by atoms with van der Waals surface area (Å²) >= 11 is 0. The summed E-state index contributed by atoms with van der Waals surface area (Å²) in [4.78, 5) is 16.0. The molecule has 36 heavy (non-hydrogen) atoms. The second kappa shape index (κ2) is 7.46. The Balaban J connectivity index is 1.35. The van der Waals surface area contributed by atoms with E-state index >= 15 is 0 Å². The van der Waals surface area contributed by atoms with Crippen LogP contribution in [0.2, 0.25) is 0 Å². The first-order valence-corrected chi connectivity index (χ1v) is 13.1. The number of amides is 1. The van der Waals surface area contributed by atoms with Gasteiger partial charge in [0.25, 0.3) is 0 Å². The minimum Gasteiger partial charge on any atom is -0.504 e. The highest BCUT2D eigenvalue weighted by Crippen LogP contribution is 2.74. The number of carbonyl (C=O) groups excluding carboxylic acids is 1. The van der Waals surface area contributed by atoms with Crippen LogP contribution < -0.4 is 10.1 Å². The molecule has 2 fully saturated rings. The van der Waals surface area contributed by atoms with Gasteiger partial charge in [-0.25, -0.2) is 0 Å². The first kappa shape index (κ1) is 22.1. The number of piperidine rings is 1. The lowest BCUT2D eigenvalue weighted by Gasteiger charge is -2.70. The number of nitrogens with zero attached hydrogens (tertiary/aromatic N) is 1. The van der Waals surface area contributed by atoms with Gasteiger partial charge in [-0.3, -0.25) is 9.69 Å². The summed E-state index contributed by atoms with van der Waals surface area (Å²) in [6.07, 6.45) is 8.29. The largest absolute Gasteiger partial charge is 0.504 e. The summed E-state index contributed by atoms with van der Waals surface area (Å²) in [5.74, 6) is -0.171. The number of nitrogens with one attached hydrogen (secondary N) is 1. The number of aliphatic hydroxyl groups is 1. The van der Waals surface area contributed by atoms with Crippen LogP contribution in [0, 0.1) is 11.3 Å². The van der Waals surface area contributed by atoms with Gasteiger partial charge < -0.3 is 20.3 Å². The van der Waals surface area contributed by atoms with Crippen LogP contribution in [0.5, 0.6) is 11.5 Å². The monoisotopic (exact) mass is 484 g/mol. The number of aromatic hydroxyl groups is 1. The van der Waals surface area contributed by atoms with Crippen LogP contribution in [0.15, 0.2) is 67.3 Å². The predicted molar refractivity (Wildman–Crippen MR) is 136 cm³/mol. The average molecular weight is 485 g/mol. The predicted octanol–water partition coefficient (Wildman–Crippen LogP) is 2.87. The molecule has 1 saturated heterocycles. The molecule has 3 N–H and O–H groups in total. The van der Waals surface area contributed by atoms with Gasteiger partial charge in [-0.05, 0) is 49.4 Å². The van der Waals surface area contributed by atoms with E-state index in [-0.39, 0.29) is 23.1 Å². The van der Waals surface area contributed by atoms with E-state index in [1.54, 1.807) is 12.1 Å². The number of phenols is 1. The molecule has 6 heteroatoms. The van der Waals surface area contributed by atoms with E-state index < -0.39 is 23.0 Å². The maximum Gasteiger partial charge on any atom is 0.226 e. The lowest BCUT2D eigenvalue weighted by Crippen LogP contribution is -2.79. The molecule has 0 aromatic heterocycles. The number of rotatable bonds is 6. The molecule has 6 aliphatic rings. The molecular weight excluding hydrogens is 452 g/mol. The maximum atomic E-state index is 13.4. The van der Waals surface area contributed by atoms with Gasteiger partial charge >= 0.3 is 0 Å². The van der Waals surface area contributed by atoms with Crippen molar-refractivity contribution in [3.63, 3.8) is 0 Å². The van der Waals surface area contributed by atoms with Gasteiger partial charge in [0.1, 0.15) is 11.7 Å². The fourth-order valence-corrected chi connectivity index (χ4v) is 8.41. The third-order valence-corrected chi connectivity index (χ3v) is 9.86. The van der Waals surface area contributed by atoms with Crippen LogP contribution in [0.25, 0.3) is 0 Å². The summed E-state index contributed by atoms with van der Waals surface area (Å²) in [5, 5.41) is 25.9. The SMILES string of the molecule is C=CCNC(=O)[C@H]1C[C@@]23C=C[C@@]1(O)[C@@H]1Oc4c(O)ccc5c4[C@@]12CCN(CCc1ccccc1)[C@H]3C5. The molecule has 2 spiro atoms. The standard InChI is InChI=1S/C30H32N2O4/c1-2-14-31-26(34)21-18-28-11-12-30(21,35)27-29(28)13-16-32(15-10-19-6-4-3-5-7-19)23(28)17-20-8-9-22(33)25(36-27)24(20)29/h2-9,11-12,21,23,27,33,35H,1,10,13-18H2,(H,31,34)/t21-,23+,27-,28-,29+,30+/m1/s1. The molecule has 1 saturated carbocycles. The molecule has 186 valence electrons. The highest BCUT2D eigenvalue weighted by atomic mass is 16.5. The highest BCUT2D eigenvalue weighted by Gasteiger charge is 2.79. The fourth-order valence-electron chi connectivity index (χ4n) is 8.41. The number of ether oxygens (including phenoxy) is 1. The normalized spacial score (nSPS) is 36.8. The lowest BCUT2D eigenvalue weighted by molar-refractivity contribution is -0.206. The molecule has 4 bridgehead atoms. The van der Waals surface area contributed by atoms with Crippen molar-refractivity contribution in [1.82, 2.24) is 10.2 Å². The first-order valence-electron chi connectivity index (χ1n) is 13.1. The molecular formula is C30H32N2O4. The van der Waals surface area contributed by atoms with Gasteiger partial charge in [0.2, 0.25) is 5.91 Å². The Labute approximate surface area is 211 Å². The second-order valence-corrected chi connectivity index (χ2v) is 11.2. The van der Waals surface area contributed by atoms with Gasteiger partial charge in [-0.15, -0.1) is 6.58 Å². The average Bonchev–Trinajstić information content (AvgIpc) is 3.26. The second-order valence-electron chi connectivity index (χ2n) is 11.2. The number of phenolic OH excluding ortho intramolecular Hbond substituents is 1. The van der Waals surface area contributed by atoms with Gasteiger partial charge in [0.15, 0.2) is 11.5 Å². The summed E-state index contributed by atoms with van der Waals surface area (Å²) < 4.78 is 6.52. The molecule has 0 radical (unpaired) electrons. The van der Waals surface area contributed by atoms with Crippen LogP contribution in [0.1, 0.15) is 29.5 Å². The zero-order valence-electron chi connectivity index (χ0n) is 20.3. The van der Waals surface area contributed by atoms with Crippen molar-refractivity contribution < 1.29 is 19.7 Å². The molecule has 0 unspecified atom stereocenters. The Morgan fingerprint density at radius 2 is 2.06 bits per heavy atom. The van der Waals surface area contributed by atoms with E-state index in [2.05, 4.69) is 47.1 Å². The van der Waals surface area contributed by atoms with E-state index in [0.29, 0.717) is 18.7 Å². The fraction of sp³-hybridized carbons (Fsp3) is 0.433. The van der Waals surface area contributed by atoms with Gasteiger partial charge in [-0.1, -0.05) is 54.6 Å². The Hall–Kier alpha value is -3.09. The van der Waals surface area contributed by atoms with Crippen LogP contribution >= 0.6 is 0 Å². The van der Waals surface area contributed by atoms with Crippen molar-refractivity contribution in [2.45, 2.75) is 48.8 Å². The Kier molecular flexibility index (Phi) is 4.59. The van der Waals surface area contributed by atoms with Gasteiger partial charge in [0, 0.05) is 30.1 Å². The van der Waals surface area contributed by atoms with E-state index in [4.69, 9.17) is 4.74 Å². The summed E-state index contributed by atoms with van der Waals surface area (Å²) in [7, 11) is 0. The molecule has 2 aliphatic heterocycles. The zero-order chi connectivity index (χ0) is 24.7. The van der Waals surface area contributed by atoms with Gasteiger partial charge in [-0.2, -0.15) is 0 Å². The van der Waals surface area contributed by atoms with E-state index in [0.717, 1.165) is 37.9 Å². The maximum absolute atomic E-state index is 13.4. The number of hydrogen-bond acceptors (Lipinski definition) is 5. The van der Waals surface area contributed by atoms with Crippen molar-refractivity contribution in [3.05, 3.63) is 84.0 Å². The van der Waals surface area contributed by atoms with Crippen LogP contribution in [0.3, 0.4) is 0 Å². The summed E-state index contributed by atoms with van der Waals surface area (Å²) in [6, 6.07) is 14.5. The number of hydrogen-bond donors (Lipinski definition) is 3. The quantitative estimate of drug-likeness (QED) is 0.550. The molecule has 2 heterocycles. The topological polar surface area (TPSA) is 82.0 Å². The van der Waals surface area contributed by atoms with Crippen molar-refractivity contribution in [2.75, 3.05) is 19.6 Å². The number of fused-ring (bicyclic) bond motifs is 1. The number of carbonyl (C=O) groups is 1. The van der Waals surface area contributed by atoms with Crippen LogP contribution in [0.4, 0.5) is 0 Å². The van der Waals surface area contributed by atoms with Crippen molar-refractivity contribution in [2.24, 2.45) is 11.3 Å². The molecule has 2 aromatic rings. The smallest absolute Gasteiger partial charge is 0.226 e. The number of benzene rings is 2. The molecule has 4 aliphatic carbocycles. The van der Waals surface area contributed by atoms with Crippen molar-refractivity contribution >= 4 is 5.91 Å².